The molecule has 0 spiro atoms. The maximum atomic E-state index is 10.9. The second kappa shape index (κ2) is 6.29. The van der Waals surface area contributed by atoms with Crippen LogP contribution in [0, 0.1) is 0 Å². The van der Waals surface area contributed by atoms with Crippen molar-refractivity contribution in [2.24, 2.45) is 0 Å². The third kappa shape index (κ3) is 3.64. The van der Waals surface area contributed by atoms with Gasteiger partial charge < -0.3 is 14.6 Å². The minimum Gasteiger partial charge on any atom is -0.478 e. The van der Waals surface area contributed by atoms with Gasteiger partial charge in [0.25, 0.3) is 0 Å². The fourth-order valence-corrected chi connectivity index (χ4v) is 1.89. The lowest BCUT2D eigenvalue weighted by Gasteiger charge is -2.08. The summed E-state index contributed by atoms with van der Waals surface area (Å²) >= 11 is 0. The number of carbonyl (C=O) groups is 1. The molecule has 0 bridgehead atoms. The predicted octanol–water partition coefficient (Wildman–Crippen LogP) is 1.59. The number of hydrogen-bond acceptors (Lipinski definition) is 4. The van der Waals surface area contributed by atoms with Crippen LogP contribution in [0.1, 0.15) is 16.8 Å². The lowest BCUT2D eigenvalue weighted by Crippen LogP contribution is -2.14. The quantitative estimate of drug-likeness (QED) is 0.866. The Bertz CT molecular complexity index is 592. The smallest absolute Gasteiger partial charge is 0.335 e. The number of imidazole rings is 1. The standard InChI is InChI=1S/C14H18N4O2/c1-17(2)6-3-7-18-9-13(16-10-18)12-8-11(14(19)20)4-5-15-12/h4-5,8-10H,3,6-7H2,1-2H3,(H,19,20). The molecule has 2 rings (SSSR count). The first kappa shape index (κ1) is 14.2. The highest BCUT2D eigenvalue weighted by Crippen LogP contribution is 2.15. The van der Waals surface area contributed by atoms with Crippen LogP contribution < -0.4 is 0 Å². The van der Waals surface area contributed by atoms with Gasteiger partial charge in [-0.05, 0) is 39.2 Å². The van der Waals surface area contributed by atoms with Crippen LogP contribution in [-0.4, -0.2) is 51.2 Å². The van der Waals surface area contributed by atoms with E-state index in [1.165, 1.54) is 18.3 Å². The highest BCUT2D eigenvalue weighted by atomic mass is 16.4. The van der Waals surface area contributed by atoms with E-state index in [9.17, 15) is 4.79 Å². The van der Waals surface area contributed by atoms with Crippen molar-refractivity contribution < 1.29 is 9.90 Å². The number of aromatic carboxylic acids is 1. The summed E-state index contributed by atoms with van der Waals surface area (Å²) in [5, 5.41) is 8.97. The molecule has 1 N–H and O–H groups in total. The van der Waals surface area contributed by atoms with Crippen LogP contribution in [0.3, 0.4) is 0 Å². The molecule has 0 fully saturated rings. The van der Waals surface area contributed by atoms with Gasteiger partial charge in [-0.25, -0.2) is 9.78 Å². The summed E-state index contributed by atoms with van der Waals surface area (Å²) in [5.74, 6) is -0.959. The van der Waals surface area contributed by atoms with Gasteiger partial charge in [0, 0.05) is 18.9 Å². The van der Waals surface area contributed by atoms with Gasteiger partial charge in [0.05, 0.1) is 17.6 Å². The highest BCUT2D eigenvalue weighted by Gasteiger charge is 2.08. The van der Waals surface area contributed by atoms with Gasteiger partial charge in [-0.1, -0.05) is 0 Å². The molecule has 0 amide bonds. The molecular formula is C14H18N4O2. The number of rotatable bonds is 6. The monoisotopic (exact) mass is 274 g/mol. The third-order valence-corrected chi connectivity index (χ3v) is 2.92. The Morgan fingerprint density at radius 3 is 2.85 bits per heavy atom. The average Bonchev–Trinajstić information content (AvgIpc) is 2.87. The van der Waals surface area contributed by atoms with Crippen molar-refractivity contribution in [1.82, 2.24) is 19.4 Å². The minimum absolute atomic E-state index is 0.220. The van der Waals surface area contributed by atoms with Gasteiger partial charge >= 0.3 is 5.97 Å². The van der Waals surface area contributed by atoms with Crippen LogP contribution in [0.4, 0.5) is 0 Å². The van der Waals surface area contributed by atoms with Crippen LogP contribution >= 0.6 is 0 Å². The van der Waals surface area contributed by atoms with E-state index in [0.29, 0.717) is 11.4 Å². The molecule has 0 saturated heterocycles. The van der Waals surface area contributed by atoms with Crippen molar-refractivity contribution in [3.63, 3.8) is 0 Å². The molecule has 2 heterocycles. The van der Waals surface area contributed by atoms with E-state index in [4.69, 9.17) is 5.11 Å². The second-order valence-corrected chi connectivity index (χ2v) is 4.89. The fraction of sp³-hybridized carbons (Fsp3) is 0.357. The van der Waals surface area contributed by atoms with E-state index in [2.05, 4.69) is 14.9 Å². The van der Waals surface area contributed by atoms with Gasteiger partial charge in [0.15, 0.2) is 0 Å². The Morgan fingerprint density at radius 2 is 2.15 bits per heavy atom. The topological polar surface area (TPSA) is 71.2 Å². The van der Waals surface area contributed by atoms with E-state index < -0.39 is 5.97 Å². The summed E-state index contributed by atoms with van der Waals surface area (Å²) < 4.78 is 1.99. The number of aromatic nitrogens is 3. The Kier molecular flexibility index (Phi) is 4.47. The van der Waals surface area contributed by atoms with Crippen LogP contribution in [0.2, 0.25) is 0 Å². The van der Waals surface area contributed by atoms with Crippen molar-refractivity contribution in [1.29, 1.82) is 0 Å². The first-order chi connectivity index (χ1) is 9.56. The molecule has 0 aromatic carbocycles. The summed E-state index contributed by atoms with van der Waals surface area (Å²) in [4.78, 5) is 21.5. The SMILES string of the molecule is CN(C)CCCn1cnc(-c2cc(C(=O)O)ccn2)c1. The molecule has 0 unspecified atom stereocenters. The molecule has 0 aliphatic carbocycles. The van der Waals surface area contributed by atoms with Gasteiger partial charge in [-0.2, -0.15) is 0 Å². The molecule has 20 heavy (non-hydrogen) atoms. The van der Waals surface area contributed by atoms with Crippen LogP contribution in [0.25, 0.3) is 11.4 Å². The van der Waals surface area contributed by atoms with Gasteiger partial charge in [-0.15, -0.1) is 0 Å². The van der Waals surface area contributed by atoms with Gasteiger partial charge in [0.2, 0.25) is 0 Å². The lowest BCUT2D eigenvalue weighted by atomic mass is 10.2. The molecule has 2 aromatic heterocycles. The van der Waals surface area contributed by atoms with Crippen molar-refractivity contribution in [3.8, 4) is 11.4 Å². The Labute approximate surface area is 117 Å². The maximum Gasteiger partial charge on any atom is 0.335 e. The molecule has 0 aliphatic rings. The highest BCUT2D eigenvalue weighted by molar-refractivity contribution is 5.88. The number of hydrogen-bond donors (Lipinski definition) is 1. The Balaban J connectivity index is 2.08. The molecule has 106 valence electrons. The second-order valence-electron chi connectivity index (χ2n) is 4.89. The van der Waals surface area contributed by atoms with Crippen LogP contribution in [0.5, 0.6) is 0 Å². The normalized spacial score (nSPS) is 10.9. The summed E-state index contributed by atoms with van der Waals surface area (Å²) in [5.41, 5.74) is 1.49. The van der Waals surface area contributed by atoms with Gasteiger partial charge in [-0.3, -0.25) is 4.98 Å². The van der Waals surface area contributed by atoms with Crippen molar-refractivity contribution in [2.45, 2.75) is 13.0 Å². The van der Waals surface area contributed by atoms with E-state index in [1.807, 2.05) is 24.9 Å². The number of carboxylic acid groups (broad SMARTS) is 1. The minimum atomic E-state index is -0.959. The number of nitrogens with zero attached hydrogens (tertiary/aromatic N) is 4. The molecule has 0 atom stereocenters. The molecule has 0 radical (unpaired) electrons. The number of aryl methyl sites for hydroxylation is 1. The average molecular weight is 274 g/mol. The summed E-state index contributed by atoms with van der Waals surface area (Å²) in [6.07, 6.45) is 6.17. The van der Waals surface area contributed by atoms with E-state index >= 15 is 0 Å². The van der Waals surface area contributed by atoms with Crippen LogP contribution in [-0.2, 0) is 6.54 Å². The molecule has 6 nitrogen and oxygen atoms in total. The first-order valence-corrected chi connectivity index (χ1v) is 6.42. The number of carboxylic acids is 1. The van der Waals surface area contributed by atoms with E-state index in [0.717, 1.165) is 19.5 Å². The van der Waals surface area contributed by atoms with Crippen LogP contribution in [0.15, 0.2) is 30.9 Å². The van der Waals surface area contributed by atoms with E-state index in [-0.39, 0.29) is 5.56 Å². The Hall–Kier alpha value is -2.21. The van der Waals surface area contributed by atoms with E-state index in [1.54, 1.807) is 6.33 Å². The fourth-order valence-electron chi connectivity index (χ4n) is 1.89. The molecule has 0 aliphatic heterocycles. The summed E-state index contributed by atoms with van der Waals surface area (Å²) in [6.45, 7) is 1.89. The van der Waals surface area contributed by atoms with Crippen molar-refractivity contribution in [3.05, 3.63) is 36.4 Å². The zero-order valence-electron chi connectivity index (χ0n) is 11.7. The molecular weight excluding hydrogens is 256 g/mol. The van der Waals surface area contributed by atoms with Gasteiger partial charge in [0.1, 0.15) is 5.69 Å². The zero-order valence-corrected chi connectivity index (χ0v) is 11.7. The predicted molar refractivity (Wildman–Crippen MR) is 75.6 cm³/mol. The largest absolute Gasteiger partial charge is 0.478 e. The van der Waals surface area contributed by atoms with Crippen molar-refractivity contribution in [2.75, 3.05) is 20.6 Å². The number of pyridine rings is 1. The Morgan fingerprint density at radius 1 is 1.35 bits per heavy atom. The first-order valence-electron chi connectivity index (χ1n) is 6.42. The zero-order chi connectivity index (χ0) is 14.5. The van der Waals surface area contributed by atoms with Crippen molar-refractivity contribution >= 4 is 5.97 Å². The summed E-state index contributed by atoms with van der Waals surface area (Å²) in [7, 11) is 4.08. The molecule has 2 aromatic rings. The maximum absolute atomic E-state index is 10.9. The molecule has 6 heteroatoms. The summed E-state index contributed by atoms with van der Waals surface area (Å²) in [6, 6.07) is 3.01. The lowest BCUT2D eigenvalue weighted by molar-refractivity contribution is 0.0697. The molecule has 0 saturated carbocycles. The third-order valence-electron chi connectivity index (χ3n) is 2.92.